The molecule has 1 aromatic rings. The monoisotopic (exact) mass is 446 g/mol. The van der Waals surface area contributed by atoms with Crippen LogP contribution in [0.2, 0.25) is 5.02 Å². The maximum atomic E-state index is 12.9. The summed E-state index contributed by atoms with van der Waals surface area (Å²) in [6, 6.07) is 4.07. The van der Waals surface area contributed by atoms with Crippen molar-refractivity contribution in [1.82, 2.24) is 15.1 Å². The summed E-state index contributed by atoms with van der Waals surface area (Å²) in [5.41, 5.74) is 3.01. The molecule has 1 aliphatic carbocycles. The van der Waals surface area contributed by atoms with Crippen LogP contribution in [0.25, 0.3) is 0 Å². The van der Waals surface area contributed by atoms with Crippen molar-refractivity contribution in [3.63, 3.8) is 0 Å². The molecule has 0 spiro atoms. The Balaban J connectivity index is 1.39. The van der Waals surface area contributed by atoms with Gasteiger partial charge in [0.2, 0.25) is 11.8 Å². The molecule has 6 nitrogen and oxygen atoms in total. The van der Waals surface area contributed by atoms with Gasteiger partial charge in [-0.25, -0.2) is 0 Å². The van der Waals surface area contributed by atoms with Crippen molar-refractivity contribution in [2.45, 2.75) is 58.5 Å². The fourth-order valence-corrected chi connectivity index (χ4v) is 5.54. The molecular formula is C24H35ClN4O2. The highest BCUT2D eigenvalue weighted by Gasteiger charge is 2.33. The third-order valence-corrected chi connectivity index (χ3v) is 7.48. The van der Waals surface area contributed by atoms with E-state index in [4.69, 9.17) is 11.6 Å². The molecule has 31 heavy (non-hydrogen) atoms. The van der Waals surface area contributed by atoms with Crippen molar-refractivity contribution in [1.29, 1.82) is 0 Å². The molecular weight excluding hydrogens is 412 g/mol. The fraction of sp³-hybridized carbons (Fsp3) is 0.667. The van der Waals surface area contributed by atoms with Crippen LogP contribution in [0.4, 0.5) is 5.69 Å². The second-order valence-electron chi connectivity index (χ2n) is 9.51. The lowest BCUT2D eigenvalue weighted by Crippen LogP contribution is -2.54. The van der Waals surface area contributed by atoms with Crippen LogP contribution in [-0.4, -0.2) is 60.4 Å². The SMILES string of the molecule is Cc1c(CN2CCN(C(=O)C3CCCC3)C(C)C2)cc(Cl)cc1NC(=O)C1CCNC1. The van der Waals surface area contributed by atoms with E-state index in [9.17, 15) is 9.59 Å². The van der Waals surface area contributed by atoms with Crippen LogP contribution in [0.3, 0.4) is 0 Å². The summed E-state index contributed by atoms with van der Waals surface area (Å²) in [5.74, 6) is 0.683. The minimum absolute atomic E-state index is 0.0214. The molecule has 2 N–H and O–H groups in total. The zero-order valence-electron chi connectivity index (χ0n) is 18.8. The van der Waals surface area contributed by atoms with Crippen LogP contribution in [-0.2, 0) is 16.1 Å². The predicted octanol–water partition coefficient (Wildman–Crippen LogP) is 3.42. The molecule has 2 heterocycles. The number of carbonyl (C=O) groups excluding carboxylic acids is 2. The van der Waals surface area contributed by atoms with E-state index in [1.165, 1.54) is 12.8 Å². The molecule has 0 aromatic heterocycles. The van der Waals surface area contributed by atoms with Crippen LogP contribution in [0.5, 0.6) is 0 Å². The van der Waals surface area contributed by atoms with E-state index in [1.54, 1.807) is 0 Å². The number of nitrogens with one attached hydrogen (secondary N) is 2. The zero-order chi connectivity index (χ0) is 22.0. The Morgan fingerprint density at radius 3 is 2.61 bits per heavy atom. The molecule has 3 aliphatic rings. The zero-order valence-corrected chi connectivity index (χ0v) is 19.5. The second-order valence-corrected chi connectivity index (χ2v) is 9.95. The van der Waals surface area contributed by atoms with Crippen LogP contribution in [0.15, 0.2) is 12.1 Å². The van der Waals surface area contributed by atoms with Gasteiger partial charge in [0.15, 0.2) is 0 Å². The van der Waals surface area contributed by atoms with Crippen molar-refractivity contribution in [2.75, 3.05) is 38.0 Å². The number of rotatable bonds is 5. The van der Waals surface area contributed by atoms with Crippen molar-refractivity contribution in [2.24, 2.45) is 11.8 Å². The van der Waals surface area contributed by atoms with Crippen molar-refractivity contribution in [3.8, 4) is 0 Å². The van der Waals surface area contributed by atoms with Gasteiger partial charge in [-0.15, -0.1) is 0 Å². The molecule has 4 rings (SSSR count). The number of halogens is 1. The lowest BCUT2D eigenvalue weighted by atomic mass is 10.0. The lowest BCUT2D eigenvalue weighted by molar-refractivity contribution is -0.140. The van der Waals surface area contributed by atoms with E-state index in [0.29, 0.717) is 10.9 Å². The van der Waals surface area contributed by atoms with Gasteiger partial charge in [0.25, 0.3) is 0 Å². The molecule has 1 aromatic carbocycles. The Bertz CT molecular complexity index is 818. The van der Waals surface area contributed by atoms with E-state index in [0.717, 1.165) is 75.3 Å². The molecule has 2 aliphatic heterocycles. The van der Waals surface area contributed by atoms with Gasteiger partial charge in [0.05, 0.1) is 5.92 Å². The summed E-state index contributed by atoms with van der Waals surface area (Å²) in [7, 11) is 0. The maximum Gasteiger partial charge on any atom is 0.228 e. The van der Waals surface area contributed by atoms with Crippen LogP contribution in [0.1, 0.15) is 50.2 Å². The van der Waals surface area contributed by atoms with Gasteiger partial charge in [-0.05, 0) is 62.9 Å². The Hall–Kier alpha value is -1.63. The third-order valence-electron chi connectivity index (χ3n) is 7.26. The molecule has 2 amide bonds. The largest absolute Gasteiger partial charge is 0.337 e. The predicted molar refractivity (Wildman–Crippen MR) is 124 cm³/mol. The van der Waals surface area contributed by atoms with Gasteiger partial charge in [0, 0.05) is 55.4 Å². The summed E-state index contributed by atoms with van der Waals surface area (Å²) in [6.45, 7) is 9.13. The number of carbonyl (C=O) groups is 2. The number of benzene rings is 1. The fourth-order valence-electron chi connectivity index (χ4n) is 5.30. The highest BCUT2D eigenvalue weighted by Crippen LogP contribution is 2.30. The maximum absolute atomic E-state index is 12.9. The lowest BCUT2D eigenvalue weighted by Gasteiger charge is -2.41. The summed E-state index contributed by atoms with van der Waals surface area (Å²) < 4.78 is 0. The van der Waals surface area contributed by atoms with Crippen molar-refractivity contribution in [3.05, 3.63) is 28.3 Å². The normalized spacial score (nSPS) is 25.2. The van der Waals surface area contributed by atoms with E-state index in [1.807, 2.05) is 12.1 Å². The van der Waals surface area contributed by atoms with Crippen LogP contribution < -0.4 is 10.6 Å². The molecule has 170 valence electrons. The Labute approximate surface area is 190 Å². The number of piperazine rings is 1. The standard InChI is InChI=1S/C24H35ClN4O2/c1-16-14-28(9-10-29(16)24(31)18-5-3-4-6-18)15-20-11-21(25)12-22(17(20)2)27-23(30)19-7-8-26-13-19/h11-12,16,18-19,26H,3-10,13-15H2,1-2H3,(H,27,30). The summed E-state index contributed by atoms with van der Waals surface area (Å²) in [6.07, 6.45) is 5.36. The number of hydrogen-bond donors (Lipinski definition) is 2. The average molecular weight is 447 g/mol. The quantitative estimate of drug-likeness (QED) is 0.727. The number of nitrogens with zero attached hydrogens (tertiary/aromatic N) is 2. The smallest absolute Gasteiger partial charge is 0.228 e. The summed E-state index contributed by atoms with van der Waals surface area (Å²) in [4.78, 5) is 30.0. The van der Waals surface area contributed by atoms with Crippen molar-refractivity contribution < 1.29 is 9.59 Å². The number of hydrogen-bond acceptors (Lipinski definition) is 4. The highest BCUT2D eigenvalue weighted by molar-refractivity contribution is 6.31. The first-order valence-electron chi connectivity index (χ1n) is 11.8. The Morgan fingerprint density at radius 2 is 1.94 bits per heavy atom. The molecule has 0 radical (unpaired) electrons. The molecule has 2 saturated heterocycles. The third kappa shape index (κ3) is 5.24. The molecule has 2 atom stereocenters. The van der Waals surface area contributed by atoms with Gasteiger partial charge >= 0.3 is 0 Å². The van der Waals surface area contributed by atoms with Crippen LogP contribution in [0, 0.1) is 18.8 Å². The topological polar surface area (TPSA) is 64.7 Å². The molecule has 2 unspecified atom stereocenters. The van der Waals surface area contributed by atoms with E-state index < -0.39 is 0 Å². The van der Waals surface area contributed by atoms with Gasteiger partial charge in [-0.3, -0.25) is 14.5 Å². The number of amides is 2. The highest BCUT2D eigenvalue weighted by atomic mass is 35.5. The van der Waals surface area contributed by atoms with E-state index >= 15 is 0 Å². The van der Waals surface area contributed by atoms with Gasteiger partial charge in [0.1, 0.15) is 0 Å². The molecule has 0 bridgehead atoms. The first-order valence-corrected chi connectivity index (χ1v) is 12.1. The Morgan fingerprint density at radius 1 is 1.16 bits per heavy atom. The minimum atomic E-state index is 0.0214. The van der Waals surface area contributed by atoms with E-state index in [-0.39, 0.29) is 23.8 Å². The average Bonchev–Trinajstić information content (AvgIpc) is 3.45. The van der Waals surface area contributed by atoms with Gasteiger partial charge < -0.3 is 15.5 Å². The molecule has 3 fully saturated rings. The summed E-state index contributed by atoms with van der Waals surface area (Å²) in [5, 5.41) is 6.98. The minimum Gasteiger partial charge on any atom is -0.337 e. The van der Waals surface area contributed by atoms with Gasteiger partial charge in [-0.2, -0.15) is 0 Å². The Kier molecular flexibility index (Phi) is 7.19. The first kappa shape index (κ1) is 22.6. The second kappa shape index (κ2) is 9.88. The molecule has 1 saturated carbocycles. The van der Waals surface area contributed by atoms with Crippen molar-refractivity contribution >= 4 is 29.1 Å². The van der Waals surface area contributed by atoms with Gasteiger partial charge in [-0.1, -0.05) is 24.4 Å². The first-order chi connectivity index (χ1) is 14.9. The summed E-state index contributed by atoms with van der Waals surface area (Å²) >= 11 is 6.41. The van der Waals surface area contributed by atoms with E-state index in [2.05, 4.69) is 34.3 Å². The number of anilines is 1. The molecule has 7 heteroatoms. The van der Waals surface area contributed by atoms with Crippen LogP contribution >= 0.6 is 11.6 Å².